The molecule has 17 heavy (non-hydrogen) atoms. The van der Waals surface area contributed by atoms with Gasteiger partial charge in [0.1, 0.15) is 0 Å². The van der Waals surface area contributed by atoms with Crippen molar-refractivity contribution >= 4 is 21.8 Å². The molecule has 3 heteroatoms. The maximum absolute atomic E-state index is 11.8. The van der Waals surface area contributed by atoms with E-state index in [-0.39, 0.29) is 11.4 Å². The van der Waals surface area contributed by atoms with E-state index in [0.717, 1.165) is 24.6 Å². The Bertz CT molecular complexity index is 208. The second-order valence-corrected chi connectivity index (χ2v) is 5.86. The van der Waals surface area contributed by atoms with Gasteiger partial charge in [-0.25, -0.2) is 0 Å². The van der Waals surface area contributed by atoms with E-state index in [1.165, 1.54) is 25.7 Å². The van der Waals surface area contributed by atoms with Crippen LogP contribution in [0.25, 0.3) is 0 Å². The van der Waals surface area contributed by atoms with Crippen LogP contribution < -0.4 is 5.32 Å². The molecular weight excluding hydrogens is 278 g/mol. The summed E-state index contributed by atoms with van der Waals surface area (Å²) in [6.07, 6.45) is 8.68. The minimum atomic E-state index is -0.0377. The number of hydrogen-bond donors (Lipinski definition) is 1. The van der Waals surface area contributed by atoms with Crippen LogP contribution >= 0.6 is 15.9 Å². The van der Waals surface area contributed by atoms with Crippen molar-refractivity contribution in [1.82, 2.24) is 5.32 Å². The first kappa shape index (κ1) is 16.9. The van der Waals surface area contributed by atoms with Gasteiger partial charge >= 0.3 is 0 Å². The summed E-state index contributed by atoms with van der Waals surface area (Å²) in [6, 6.07) is 0. The highest BCUT2D eigenvalue weighted by Gasteiger charge is 2.22. The van der Waals surface area contributed by atoms with E-state index < -0.39 is 0 Å². The number of nitrogens with one attached hydrogen (secondary N) is 1. The molecule has 102 valence electrons. The Hall–Kier alpha value is -0.0500. The molecule has 1 atom stereocenters. The first-order valence-corrected chi connectivity index (χ1v) is 8.07. The molecule has 0 aliphatic heterocycles. The number of alkyl halides is 1. The molecule has 0 aliphatic rings. The number of unbranched alkanes of at least 4 members (excludes halogenated alkanes) is 4. The SMILES string of the molecule is CCCCCCCC(=O)NC(C)(CC)CCBr. The van der Waals surface area contributed by atoms with Crippen molar-refractivity contribution in [2.75, 3.05) is 5.33 Å². The Morgan fingerprint density at radius 1 is 1.18 bits per heavy atom. The minimum Gasteiger partial charge on any atom is -0.351 e. The van der Waals surface area contributed by atoms with Gasteiger partial charge in [0, 0.05) is 17.3 Å². The summed E-state index contributed by atoms with van der Waals surface area (Å²) in [5.41, 5.74) is -0.0377. The van der Waals surface area contributed by atoms with Crippen LogP contribution in [0.2, 0.25) is 0 Å². The van der Waals surface area contributed by atoms with Crippen LogP contribution in [0.3, 0.4) is 0 Å². The van der Waals surface area contributed by atoms with E-state index in [0.29, 0.717) is 6.42 Å². The average molecular weight is 306 g/mol. The minimum absolute atomic E-state index is 0.0377. The number of hydrogen-bond acceptors (Lipinski definition) is 1. The Labute approximate surface area is 115 Å². The van der Waals surface area contributed by atoms with Gasteiger partial charge in [-0.3, -0.25) is 4.79 Å². The molecule has 1 N–H and O–H groups in total. The quantitative estimate of drug-likeness (QED) is 0.470. The van der Waals surface area contributed by atoms with E-state index >= 15 is 0 Å². The van der Waals surface area contributed by atoms with Gasteiger partial charge in [-0.1, -0.05) is 55.5 Å². The predicted octanol–water partition coefficient (Wildman–Crippen LogP) is 4.42. The third kappa shape index (κ3) is 8.64. The van der Waals surface area contributed by atoms with E-state index in [2.05, 4.69) is 42.0 Å². The van der Waals surface area contributed by atoms with Crippen LogP contribution in [0.4, 0.5) is 0 Å². The van der Waals surface area contributed by atoms with Crippen LogP contribution in [-0.4, -0.2) is 16.8 Å². The summed E-state index contributed by atoms with van der Waals surface area (Å²) in [7, 11) is 0. The van der Waals surface area contributed by atoms with Crippen molar-refractivity contribution in [3.05, 3.63) is 0 Å². The number of carbonyl (C=O) groups excluding carboxylic acids is 1. The topological polar surface area (TPSA) is 29.1 Å². The van der Waals surface area contributed by atoms with E-state index in [1.54, 1.807) is 0 Å². The molecule has 0 aromatic heterocycles. The van der Waals surface area contributed by atoms with Crippen molar-refractivity contribution in [2.24, 2.45) is 0 Å². The van der Waals surface area contributed by atoms with E-state index in [1.807, 2.05) is 0 Å². The van der Waals surface area contributed by atoms with Gasteiger partial charge in [0.15, 0.2) is 0 Å². The Balaban J connectivity index is 3.75. The third-order valence-corrected chi connectivity index (χ3v) is 3.77. The van der Waals surface area contributed by atoms with Gasteiger partial charge in [-0.15, -0.1) is 0 Å². The van der Waals surface area contributed by atoms with E-state index in [9.17, 15) is 4.79 Å². The fourth-order valence-corrected chi connectivity index (χ4v) is 2.70. The molecule has 0 rings (SSSR count). The molecule has 0 aromatic rings. The zero-order chi connectivity index (χ0) is 13.1. The highest BCUT2D eigenvalue weighted by Crippen LogP contribution is 2.16. The fourth-order valence-electron chi connectivity index (χ4n) is 1.82. The maximum Gasteiger partial charge on any atom is 0.220 e. The molecule has 1 amide bonds. The van der Waals surface area contributed by atoms with Crippen molar-refractivity contribution in [3.63, 3.8) is 0 Å². The van der Waals surface area contributed by atoms with Crippen molar-refractivity contribution < 1.29 is 4.79 Å². The molecule has 0 aromatic carbocycles. The Morgan fingerprint density at radius 2 is 1.82 bits per heavy atom. The molecule has 0 aliphatic carbocycles. The highest BCUT2D eigenvalue weighted by atomic mass is 79.9. The molecule has 0 bridgehead atoms. The Morgan fingerprint density at radius 3 is 2.35 bits per heavy atom. The lowest BCUT2D eigenvalue weighted by molar-refractivity contribution is -0.123. The second kappa shape index (κ2) is 9.93. The van der Waals surface area contributed by atoms with Crippen molar-refractivity contribution in [3.8, 4) is 0 Å². The third-order valence-electron chi connectivity index (χ3n) is 3.38. The molecule has 0 fully saturated rings. The fraction of sp³-hybridized carbons (Fsp3) is 0.929. The number of carbonyl (C=O) groups is 1. The number of rotatable bonds is 10. The lowest BCUT2D eigenvalue weighted by Gasteiger charge is -2.29. The molecular formula is C14H28BrNO. The predicted molar refractivity (Wildman–Crippen MR) is 78.6 cm³/mol. The first-order valence-electron chi connectivity index (χ1n) is 6.95. The molecule has 0 saturated carbocycles. The number of amides is 1. The average Bonchev–Trinajstić information content (AvgIpc) is 2.29. The molecule has 2 nitrogen and oxygen atoms in total. The van der Waals surface area contributed by atoms with Gasteiger partial charge < -0.3 is 5.32 Å². The smallest absolute Gasteiger partial charge is 0.220 e. The Kier molecular flexibility index (Phi) is 9.90. The summed E-state index contributed by atoms with van der Waals surface area (Å²) in [5, 5.41) is 4.10. The van der Waals surface area contributed by atoms with Crippen molar-refractivity contribution in [2.45, 2.75) is 77.7 Å². The molecule has 0 saturated heterocycles. The molecule has 0 radical (unpaired) electrons. The largest absolute Gasteiger partial charge is 0.351 e. The van der Waals surface area contributed by atoms with Crippen LogP contribution in [0.1, 0.15) is 72.1 Å². The normalized spacial score (nSPS) is 14.4. The van der Waals surface area contributed by atoms with Gasteiger partial charge in [0.05, 0.1) is 0 Å². The van der Waals surface area contributed by atoms with Crippen LogP contribution in [-0.2, 0) is 4.79 Å². The summed E-state index contributed by atoms with van der Waals surface area (Å²) < 4.78 is 0. The van der Waals surface area contributed by atoms with Crippen LogP contribution in [0, 0.1) is 0 Å². The monoisotopic (exact) mass is 305 g/mol. The highest BCUT2D eigenvalue weighted by molar-refractivity contribution is 9.09. The van der Waals surface area contributed by atoms with Crippen molar-refractivity contribution in [1.29, 1.82) is 0 Å². The summed E-state index contributed by atoms with van der Waals surface area (Å²) in [6.45, 7) is 6.47. The summed E-state index contributed by atoms with van der Waals surface area (Å²) in [5.74, 6) is 0.215. The van der Waals surface area contributed by atoms with Gasteiger partial charge in [-0.2, -0.15) is 0 Å². The van der Waals surface area contributed by atoms with Crippen LogP contribution in [0.5, 0.6) is 0 Å². The van der Waals surface area contributed by atoms with Gasteiger partial charge in [0.25, 0.3) is 0 Å². The van der Waals surface area contributed by atoms with Gasteiger partial charge in [0.2, 0.25) is 5.91 Å². The van der Waals surface area contributed by atoms with E-state index in [4.69, 9.17) is 0 Å². The first-order chi connectivity index (χ1) is 8.08. The lowest BCUT2D eigenvalue weighted by atomic mass is 9.95. The maximum atomic E-state index is 11.8. The van der Waals surface area contributed by atoms with Crippen LogP contribution in [0.15, 0.2) is 0 Å². The molecule has 0 heterocycles. The molecule has 0 spiro atoms. The summed E-state index contributed by atoms with van der Waals surface area (Å²) >= 11 is 3.45. The summed E-state index contributed by atoms with van der Waals surface area (Å²) in [4.78, 5) is 11.8. The lowest BCUT2D eigenvalue weighted by Crippen LogP contribution is -2.45. The zero-order valence-electron chi connectivity index (χ0n) is 11.7. The second-order valence-electron chi connectivity index (χ2n) is 5.07. The standard InChI is InChI=1S/C14H28BrNO/c1-4-6-7-8-9-10-13(17)16-14(3,5-2)11-12-15/h4-12H2,1-3H3,(H,16,17). The number of halogens is 1. The zero-order valence-corrected chi connectivity index (χ0v) is 13.2. The van der Waals surface area contributed by atoms with Gasteiger partial charge in [-0.05, 0) is 26.2 Å². The molecule has 1 unspecified atom stereocenters.